The predicted molar refractivity (Wildman–Crippen MR) is 298 cm³/mol. The third-order valence-corrected chi connectivity index (χ3v) is 17.8. The van der Waals surface area contributed by atoms with Crippen LogP contribution in [0.4, 0.5) is 28.4 Å². The van der Waals surface area contributed by atoms with E-state index in [-0.39, 0.29) is 28.5 Å². The van der Waals surface area contributed by atoms with Crippen LogP contribution in [0.2, 0.25) is 0 Å². The Morgan fingerprint density at radius 3 is 1.93 bits per heavy atom. The van der Waals surface area contributed by atoms with Crippen LogP contribution in [0.1, 0.15) is 103 Å². The van der Waals surface area contributed by atoms with Gasteiger partial charge in [-0.25, -0.2) is 0 Å². The van der Waals surface area contributed by atoms with Crippen LogP contribution in [0.3, 0.4) is 0 Å². The molecular weight excluding hydrogens is 852 g/mol. The van der Waals surface area contributed by atoms with Gasteiger partial charge in [0.2, 0.25) is 0 Å². The maximum Gasteiger partial charge on any atom is 0.343 e. The first-order valence-electron chi connectivity index (χ1n) is 25.1. The molecule has 338 valence electrons. The average molecular weight is 911 g/mol. The highest BCUT2D eigenvalue weighted by Crippen LogP contribution is 2.60. The van der Waals surface area contributed by atoms with E-state index >= 15 is 0 Å². The zero-order valence-electron chi connectivity index (χ0n) is 41.5. The van der Waals surface area contributed by atoms with Gasteiger partial charge in [-0.2, -0.15) is 0 Å². The van der Waals surface area contributed by atoms with Gasteiger partial charge >= 0.3 is 6.85 Å². The van der Waals surface area contributed by atoms with Gasteiger partial charge in [-0.1, -0.05) is 190 Å². The molecule has 0 N–H and O–H groups in total. The topological polar surface area (TPSA) is 6.48 Å². The Morgan fingerprint density at radius 1 is 0.493 bits per heavy atom. The van der Waals surface area contributed by atoms with Crippen molar-refractivity contribution in [2.45, 2.75) is 96.8 Å². The molecule has 0 saturated carbocycles. The van der Waals surface area contributed by atoms with Crippen LogP contribution >= 0.6 is 11.3 Å². The molecule has 9 aromatic rings. The maximum absolute atomic E-state index is 2.78. The van der Waals surface area contributed by atoms with Gasteiger partial charge in [0.1, 0.15) is 0 Å². The van der Waals surface area contributed by atoms with Gasteiger partial charge in [-0.3, -0.25) is 0 Å². The minimum absolute atomic E-state index is 0.0342. The quantitative estimate of drug-likeness (QED) is 0.162. The highest BCUT2D eigenvalue weighted by atomic mass is 32.1. The number of nitrogens with zero attached hydrogens (tertiary/aromatic N) is 2. The molecule has 0 radical (unpaired) electrons. The largest absolute Gasteiger partial charge is 0.376 e. The lowest BCUT2D eigenvalue weighted by Crippen LogP contribution is -2.61. The van der Waals surface area contributed by atoms with E-state index in [9.17, 15) is 0 Å². The minimum atomic E-state index is -0.287. The molecular formula is C65H59BN2S. The second-order valence-electron chi connectivity index (χ2n) is 23.1. The first-order valence-corrected chi connectivity index (χ1v) is 25.9. The average Bonchev–Trinajstić information content (AvgIpc) is 3.85. The Bertz CT molecular complexity index is 3590. The summed E-state index contributed by atoms with van der Waals surface area (Å²) in [5.41, 5.74) is 24.9. The van der Waals surface area contributed by atoms with Gasteiger partial charge in [0.15, 0.2) is 0 Å². The lowest BCUT2D eigenvalue weighted by atomic mass is 9.45. The molecule has 2 aliphatic carbocycles. The fourth-order valence-corrected chi connectivity index (χ4v) is 14.1. The summed E-state index contributed by atoms with van der Waals surface area (Å²) < 4.78 is 2.69. The molecule has 4 aliphatic rings. The van der Waals surface area contributed by atoms with Crippen LogP contribution in [-0.2, 0) is 21.7 Å². The second kappa shape index (κ2) is 14.7. The van der Waals surface area contributed by atoms with Crippen molar-refractivity contribution in [1.82, 2.24) is 0 Å². The molecule has 1 aromatic heterocycles. The van der Waals surface area contributed by atoms with Gasteiger partial charge in [0.05, 0.1) is 11.4 Å². The number of anilines is 5. The number of hydrogen-bond acceptors (Lipinski definition) is 3. The van der Waals surface area contributed by atoms with Crippen molar-refractivity contribution in [1.29, 1.82) is 0 Å². The molecule has 0 amide bonds. The van der Waals surface area contributed by atoms with Crippen molar-refractivity contribution in [3.8, 4) is 44.5 Å². The van der Waals surface area contributed by atoms with Crippen molar-refractivity contribution in [2.24, 2.45) is 0 Å². The third kappa shape index (κ3) is 6.17. The second-order valence-corrected chi connectivity index (χ2v) is 24.2. The molecule has 13 rings (SSSR count). The first-order chi connectivity index (χ1) is 33.1. The Kier molecular flexibility index (Phi) is 9.05. The molecule has 0 atom stereocenters. The SMILES string of the molecule is CC(C)(C)c1ccc(N2c3c4c(cc5c3C(C)(C)c3ccccc3-5)-c3ccc(-c5ccccc5)cc3N(c3ccc5c(c3)C(C)(C)CCC5(C)C)B4c3sc4ccccc4c32)c(-c2ccccc2)c1. The molecule has 69 heavy (non-hydrogen) atoms. The molecule has 0 fully saturated rings. The molecule has 4 heteroatoms. The van der Waals surface area contributed by atoms with Crippen LogP contribution in [0.5, 0.6) is 0 Å². The number of benzene rings is 8. The van der Waals surface area contributed by atoms with E-state index in [1.54, 1.807) is 0 Å². The summed E-state index contributed by atoms with van der Waals surface area (Å²) in [6, 6.07) is 65.4. The Morgan fingerprint density at radius 2 is 1.17 bits per heavy atom. The zero-order chi connectivity index (χ0) is 47.4. The molecule has 3 heterocycles. The summed E-state index contributed by atoms with van der Waals surface area (Å²) in [5, 5.41) is 1.30. The van der Waals surface area contributed by atoms with Crippen molar-refractivity contribution in [3.05, 3.63) is 198 Å². The van der Waals surface area contributed by atoms with Crippen molar-refractivity contribution >= 4 is 66.9 Å². The predicted octanol–water partition coefficient (Wildman–Crippen LogP) is 16.9. The van der Waals surface area contributed by atoms with Gasteiger partial charge in [-0.05, 0) is 138 Å². The van der Waals surface area contributed by atoms with E-state index in [2.05, 4.69) is 242 Å². The Hall–Kier alpha value is -6.62. The molecule has 8 aromatic carbocycles. The van der Waals surface area contributed by atoms with E-state index in [1.807, 2.05) is 11.3 Å². The van der Waals surface area contributed by atoms with Gasteiger partial charge in [0.25, 0.3) is 0 Å². The fourth-order valence-electron chi connectivity index (χ4n) is 12.8. The van der Waals surface area contributed by atoms with Crippen molar-refractivity contribution < 1.29 is 0 Å². The van der Waals surface area contributed by atoms with E-state index < -0.39 is 0 Å². The third-order valence-electron chi connectivity index (χ3n) is 16.6. The van der Waals surface area contributed by atoms with Gasteiger partial charge in [0, 0.05) is 48.5 Å². The van der Waals surface area contributed by atoms with Crippen molar-refractivity contribution in [3.63, 3.8) is 0 Å². The van der Waals surface area contributed by atoms with Crippen LogP contribution in [0, 0.1) is 0 Å². The fraction of sp³-hybridized carbons (Fsp3) is 0.231. The van der Waals surface area contributed by atoms with Gasteiger partial charge in [-0.15, -0.1) is 11.3 Å². The molecule has 2 aliphatic heterocycles. The summed E-state index contributed by atoms with van der Waals surface area (Å²) in [6.45, 7) is 21.7. The molecule has 0 saturated heterocycles. The number of rotatable bonds is 4. The normalized spacial score (nSPS) is 16.6. The lowest BCUT2D eigenvalue weighted by Gasteiger charge is -2.47. The van der Waals surface area contributed by atoms with Gasteiger partial charge < -0.3 is 9.71 Å². The van der Waals surface area contributed by atoms with Crippen LogP contribution < -0.4 is 20.0 Å². The monoisotopic (exact) mass is 910 g/mol. The van der Waals surface area contributed by atoms with E-state index in [0.29, 0.717) is 0 Å². The Labute approximate surface area is 413 Å². The summed E-state index contributed by atoms with van der Waals surface area (Å²) in [5.74, 6) is 0. The highest BCUT2D eigenvalue weighted by molar-refractivity contribution is 7.32. The van der Waals surface area contributed by atoms with Crippen LogP contribution in [-0.4, -0.2) is 6.85 Å². The molecule has 0 spiro atoms. The molecule has 2 nitrogen and oxygen atoms in total. The van der Waals surface area contributed by atoms with Crippen LogP contribution in [0.25, 0.3) is 54.6 Å². The summed E-state index contributed by atoms with van der Waals surface area (Å²) in [7, 11) is 0. The lowest BCUT2D eigenvalue weighted by molar-refractivity contribution is 0.332. The standard InChI is InChI=1S/C65H59BN2S/c1-62(2,3)43-29-33-54(48(37-43)41-22-14-11-15-23-41)67-59-47-25-17-19-27-56(47)69-61(59)66-58-50(39-49-45-24-16-18-26-51(45)65(8,9)57(49)60(58)67)46-31-28-42(40-20-12-10-13-21-40)36-55(46)68(66)44-30-32-52-53(38-44)64(6,7)35-34-63(52,4)5/h10-33,36-39H,34-35H2,1-9H3. The Balaban J connectivity index is 1.21. The smallest absolute Gasteiger partial charge is 0.343 e. The number of thiophene rings is 1. The number of hydrogen-bond donors (Lipinski definition) is 0. The van der Waals surface area contributed by atoms with E-state index in [0.717, 1.165) is 6.42 Å². The molecule has 0 bridgehead atoms. The van der Waals surface area contributed by atoms with Crippen molar-refractivity contribution in [2.75, 3.05) is 9.71 Å². The summed E-state index contributed by atoms with van der Waals surface area (Å²) in [6.07, 6.45) is 2.35. The summed E-state index contributed by atoms with van der Waals surface area (Å²) in [4.78, 5) is 5.53. The number of fused-ring (bicyclic) bond motifs is 11. The summed E-state index contributed by atoms with van der Waals surface area (Å²) >= 11 is 1.99. The first kappa shape index (κ1) is 42.5. The van der Waals surface area contributed by atoms with Crippen LogP contribution in [0.15, 0.2) is 170 Å². The maximum atomic E-state index is 2.78. The molecule has 0 unspecified atom stereocenters. The highest BCUT2D eigenvalue weighted by Gasteiger charge is 2.52. The van der Waals surface area contributed by atoms with E-state index in [4.69, 9.17) is 0 Å². The minimum Gasteiger partial charge on any atom is -0.376 e. The zero-order valence-corrected chi connectivity index (χ0v) is 42.3. The van der Waals surface area contributed by atoms with E-state index in [1.165, 1.54) is 128 Å².